The Hall–Kier alpha value is -4.90. The molecule has 0 spiro atoms. The molecular formula is C75H93P. The van der Waals surface area contributed by atoms with Crippen LogP contribution in [0, 0.1) is 0 Å². The van der Waals surface area contributed by atoms with Crippen molar-refractivity contribution >= 4 is 61.4 Å². The predicted octanol–water partition coefficient (Wildman–Crippen LogP) is 21.8. The van der Waals surface area contributed by atoms with E-state index in [1.807, 2.05) is 0 Å². The zero-order valence-electron chi connectivity index (χ0n) is 47.7. The van der Waals surface area contributed by atoms with Gasteiger partial charge in [-0.15, -0.1) is 0 Å². The second-order valence-electron chi connectivity index (χ2n) is 24.0. The van der Waals surface area contributed by atoms with Crippen molar-refractivity contribution in [2.45, 2.75) is 218 Å². The maximum absolute atomic E-state index is 5.83. The Balaban J connectivity index is 1.17. The Morgan fingerprint density at radius 1 is 0.316 bits per heavy atom. The molecule has 0 radical (unpaired) electrons. The van der Waals surface area contributed by atoms with Crippen LogP contribution in [-0.2, 0) is 10.8 Å². The maximum atomic E-state index is 5.83. The van der Waals surface area contributed by atoms with Crippen LogP contribution in [0.2, 0.25) is 0 Å². The van der Waals surface area contributed by atoms with Gasteiger partial charge in [-0.25, -0.2) is 0 Å². The zero-order valence-corrected chi connectivity index (χ0v) is 48.6. The predicted molar refractivity (Wildman–Crippen MR) is 340 cm³/mol. The average molecular weight is 1030 g/mol. The van der Waals surface area contributed by atoms with Gasteiger partial charge in [0.15, 0.2) is 0 Å². The van der Waals surface area contributed by atoms with E-state index < -0.39 is 6.89 Å². The SMILES string of the molecule is C=P(c1ccc2c(c1)C(CCCCCCCC)(CCCCCCCC)c1ccccc1-2)(c1ccc2c(c1)C(CCCCCCCC)(CCCCCCCC)c1ccccc1-2)c1ccc2ccc3cccc4ccc1c2c34. The van der Waals surface area contributed by atoms with Crippen LogP contribution in [0.15, 0.2) is 140 Å². The summed E-state index contributed by atoms with van der Waals surface area (Å²) in [5.41, 5.74) is 12.2. The normalized spacial score (nSPS) is 14.2. The fourth-order valence-corrected chi connectivity index (χ4v) is 18.1. The van der Waals surface area contributed by atoms with E-state index in [4.69, 9.17) is 6.30 Å². The van der Waals surface area contributed by atoms with Crippen LogP contribution in [0.25, 0.3) is 54.6 Å². The molecule has 8 aromatic rings. The molecule has 2 aliphatic carbocycles. The molecule has 76 heavy (non-hydrogen) atoms. The lowest BCUT2D eigenvalue weighted by molar-refractivity contribution is 0.398. The van der Waals surface area contributed by atoms with Crippen LogP contribution in [-0.4, -0.2) is 6.30 Å². The number of benzene rings is 8. The second-order valence-corrected chi connectivity index (χ2v) is 27.2. The molecule has 0 amide bonds. The smallest absolute Gasteiger partial charge is 0.0215 e. The third kappa shape index (κ3) is 10.6. The Labute approximate surface area is 461 Å². The largest absolute Gasteiger partial charge is 0.0887 e. The first kappa shape index (κ1) is 54.5. The van der Waals surface area contributed by atoms with Crippen molar-refractivity contribution in [1.82, 2.24) is 0 Å². The van der Waals surface area contributed by atoms with Crippen molar-refractivity contribution in [3.05, 3.63) is 162 Å². The minimum Gasteiger partial charge on any atom is -0.0887 e. The van der Waals surface area contributed by atoms with Crippen molar-refractivity contribution in [2.75, 3.05) is 0 Å². The van der Waals surface area contributed by atoms with Crippen molar-refractivity contribution in [2.24, 2.45) is 0 Å². The first-order valence-electron chi connectivity index (χ1n) is 31.3. The van der Waals surface area contributed by atoms with Gasteiger partial charge in [-0.3, -0.25) is 0 Å². The third-order valence-electron chi connectivity index (χ3n) is 19.1. The van der Waals surface area contributed by atoms with Gasteiger partial charge in [0.25, 0.3) is 0 Å². The Bertz CT molecular complexity index is 3030. The molecule has 0 saturated carbocycles. The van der Waals surface area contributed by atoms with E-state index in [0.29, 0.717) is 0 Å². The molecule has 1 heteroatoms. The molecule has 10 rings (SSSR count). The van der Waals surface area contributed by atoms with E-state index in [0.717, 1.165) is 0 Å². The minimum absolute atomic E-state index is 0.00602. The van der Waals surface area contributed by atoms with Gasteiger partial charge in [0.2, 0.25) is 0 Å². The molecular weight excluding hydrogens is 932 g/mol. The highest BCUT2D eigenvalue weighted by Gasteiger charge is 2.45. The number of unbranched alkanes of at least 4 members (excludes halogenated alkanes) is 20. The third-order valence-corrected chi connectivity index (χ3v) is 22.7. The highest BCUT2D eigenvalue weighted by Crippen LogP contribution is 2.58. The fourth-order valence-electron chi connectivity index (χ4n) is 15.0. The van der Waals surface area contributed by atoms with E-state index in [1.54, 1.807) is 22.3 Å². The van der Waals surface area contributed by atoms with Crippen molar-refractivity contribution in [1.29, 1.82) is 0 Å². The molecule has 2 aliphatic rings. The highest BCUT2D eigenvalue weighted by molar-refractivity contribution is 7.93. The maximum Gasteiger partial charge on any atom is 0.0215 e. The number of fused-ring (bicyclic) bond motifs is 6. The molecule has 0 saturated heterocycles. The summed E-state index contributed by atoms with van der Waals surface area (Å²) < 4.78 is 0. The molecule has 398 valence electrons. The molecule has 8 aromatic carbocycles. The van der Waals surface area contributed by atoms with Gasteiger partial charge in [0.05, 0.1) is 0 Å². The van der Waals surface area contributed by atoms with Gasteiger partial charge in [0.1, 0.15) is 0 Å². The van der Waals surface area contributed by atoms with Crippen LogP contribution in [0.3, 0.4) is 0 Å². The van der Waals surface area contributed by atoms with Crippen LogP contribution in [0.4, 0.5) is 0 Å². The van der Waals surface area contributed by atoms with Crippen molar-refractivity contribution in [3.8, 4) is 22.3 Å². The number of hydrogen-bond donors (Lipinski definition) is 0. The van der Waals surface area contributed by atoms with Gasteiger partial charge < -0.3 is 0 Å². The molecule has 0 fully saturated rings. The monoisotopic (exact) mass is 1020 g/mol. The molecule has 0 nitrogen and oxygen atoms in total. The summed E-state index contributed by atoms with van der Waals surface area (Å²) in [6, 6.07) is 56.6. The molecule has 0 N–H and O–H groups in total. The van der Waals surface area contributed by atoms with Crippen LogP contribution >= 0.6 is 6.89 Å². The van der Waals surface area contributed by atoms with Gasteiger partial charge in [-0.05, 0) is 137 Å². The quantitative estimate of drug-likeness (QED) is 0.0231. The zero-order chi connectivity index (χ0) is 52.4. The van der Waals surface area contributed by atoms with Crippen LogP contribution < -0.4 is 15.9 Å². The topological polar surface area (TPSA) is 0 Å². The van der Waals surface area contributed by atoms with E-state index in [2.05, 4.69) is 167 Å². The molecule has 0 atom stereocenters. The summed E-state index contributed by atoms with van der Waals surface area (Å²) in [4.78, 5) is 0. The van der Waals surface area contributed by atoms with Gasteiger partial charge >= 0.3 is 0 Å². The van der Waals surface area contributed by atoms with Crippen LogP contribution in [0.5, 0.6) is 0 Å². The van der Waals surface area contributed by atoms with Gasteiger partial charge in [-0.2, -0.15) is 0 Å². The Morgan fingerprint density at radius 2 is 0.671 bits per heavy atom. The lowest BCUT2D eigenvalue weighted by Crippen LogP contribution is -2.31. The van der Waals surface area contributed by atoms with E-state index in [-0.39, 0.29) is 10.8 Å². The van der Waals surface area contributed by atoms with Crippen molar-refractivity contribution in [3.63, 3.8) is 0 Å². The summed E-state index contributed by atoms with van der Waals surface area (Å²) in [5.74, 6) is 0. The van der Waals surface area contributed by atoms with Crippen molar-refractivity contribution < 1.29 is 0 Å². The Morgan fingerprint density at radius 3 is 1.11 bits per heavy atom. The summed E-state index contributed by atoms with van der Waals surface area (Å²) in [5, 5.41) is 12.5. The summed E-state index contributed by atoms with van der Waals surface area (Å²) in [6.07, 6.45) is 42.5. The summed E-state index contributed by atoms with van der Waals surface area (Å²) >= 11 is 0. The van der Waals surface area contributed by atoms with Gasteiger partial charge in [0, 0.05) is 10.8 Å². The van der Waals surface area contributed by atoms with Crippen LogP contribution in [0.1, 0.15) is 230 Å². The van der Waals surface area contributed by atoms with E-state index >= 15 is 0 Å². The molecule has 0 bridgehead atoms. The van der Waals surface area contributed by atoms with E-state index in [9.17, 15) is 0 Å². The number of hydrogen-bond acceptors (Lipinski definition) is 0. The molecule has 0 heterocycles. The van der Waals surface area contributed by atoms with E-state index in [1.165, 1.54) is 250 Å². The lowest BCUT2D eigenvalue weighted by atomic mass is 9.70. The van der Waals surface area contributed by atoms with Gasteiger partial charge in [-0.1, -0.05) is 315 Å². The highest BCUT2D eigenvalue weighted by atomic mass is 31.2. The standard InChI is InChI=1S/C75H93P/c1-6-10-14-18-22-30-51-74(52-31-23-19-15-11-7-2)67-39-28-26-37-62(67)64-48-45-60(55-69(64)74)76(5,71-50-44-59-42-41-57-35-34-36-58-43-47-66(71)73(59)72(57)58)61-46-49-65-63-38-27-29-40-68(63)75(70(65)56-61,53-32-24-20-16-12-8-3)54-33-25-21-17-13-9-4/h26-29,34-50,55-56H,5-25,30-33,51-54H2,1-4H3. The summed E-state index contributed by atoms with van der Waals surface area (Å²) in [6.45, 7) is 6.80. The lowest BCUT2D eigenvalue weighted by Gasteiger charge is -2.36. The fraction of sp³-hybridized carbons (Fsp3) is 0.453. The first-order valence-corrected chi connectivity index (χ1v) is 33.3. The average Bonchev–Trinajstić information content (AvgIpc) is 4.03. The molecule has 0 aliphatic heterocycles. The number of rotatable bonds is 31. The summed E-state index contributed by atoms with van der Waals surface area (Å²) in [7, 11) is 0. The first-order chi connectivity index (χ1) is 37.4. The minimum atomic E-state index is -2.58. The second kappa shape index (κ2) is 25.3. The molecule has 0 aromatic heterocycles. The molecule has 0 unspecified atom stereocenters. The Kier molecular flexibility index (Phi) is 18.1.